The van der Waals surface area contributed by atoms with Gasteiger partial charge in [0.1, 0.15) is 13.2 Å². The molecule has 0 heterocycles. The maximum atomic E-state index is 11.9. The van der Waals surface area contributed by atoms with Crippen molar-refractivity contribution in [2.75, 3.05) is 0 Å². The number of carbonyl (C=O) groups excluding carboxylic acids is 4. The quantitative estimate of drug-likeness (QED) is 0.0446. The van der Waals surface area contributed by atoms with Crippen LogP contribution in [0.2, 0.25) is 0 Å². The highest BCUT2D eigenvalue weighted by atomic mass is 16.6. The molecule has 248 valence electrons. The molecule has 2 aromatic rings. The summed E-state index contributed by atoms with van der Waals surface area (Å²) >= 11 is 0. The number of hydrogen-bond donors (Lipinski definition) is 0. The summed E-state index contributed by atoms with van der Waals surface area (Å²) in [5.74, 6) is -1.11. The van der Waals surface area contributed by atoms with Crippen LogP contribution in [0.1, 0.15) is 140 Å². The smallest absolute Gasteiger partial charge is 0.313 e. The molecule has 2 rings (SSSR count). The largest absolute Gasteiger partial charge is 0.461 e. The standard InChI is InChI=1S/C38H54O7/c39-35(43-31-33-23-15-13-16-24-33)27-19-9-5-1-3-7-11-21-29-37(41)45-38(42)30-22-12-8-4-2-6-10-20-28-36(40)44-32-34-25-17-14-18-26-34/h13-18,23-26H,1-12,19-22,27-32H2. The van der Waals surface area contributed by atoms with E-state index in [0.29, 0.717) is 38.9 Å². The minimum Gasteiger partial charge on any atom is -0.461 e. The molecule has 7 heteroatoms. The Kier molecular flexibility index (Phi) is 21.6. The van der Waals surface area contributed by atoms with E-state index in [1.54, 1.807) is 0 Å². The molecule has 0 aliphatic heterocycles. The topological polar surface area (TPSA) is 96.0 Å². The lowest BCUT2D eigenvalue weighted by Crippen LogP contribution is -2.11. The normalized spacial score (nSPS) is 10.8. The lowest BCUT2D eigenvalue weighted by atomic mass is 10.1. The zero-order valence-electron chi connectivity index (χ0n) is 27.2. The van der Waals surface area contributed by atoms with E-state index in [1.165, 1.54) is 0 Å². The second-order valence-electron chi connectivity index (χ2n) is 11.8. The molecular formula is C38H54O7. The van der Waals surface area contributed by atoms with Gasteiger partial charge in [0, 0.05) is 25.7 Å². The van der Waals surface area contributed by atoms with Gasteiger partial charge in [0.05, 0.1) is 0 Å². The summed E-state index contributed by atoms with van der Waals surface area (Å²) in [5, 5.41) is 0. The Morgan fingerprint density at radius 2 is 0.622 bits per heavy atom. The highest BCUT2D eigenvalue weighted by Gasteiger charge is 2.10. The molecule has 7 nitrogen and oxygen atoms in total. The molecule has 0 saturated heterocycles. The second-order valence-corrected chi connectivity index (χ2v) is 11.8. The summed E-state index contributed by atoms with van der Waals surface area (Å²) in [6.07, 6.45) is 17.4. The van der Waals surface area contributed by atoms with Gasteiger partial charge in [-0.05, 0) is 36.8 Å². The lowest BCUT2D eigenvalue weighted by molar-refractivity contribution is -0.160. The van der Waals surface area contributed by atoms with Crippen LogP contribution in [0.4, 0.5) is 0 Å². The van der Waals surface area contributed by atoms with Crippen molar-refractivity contribution in [3.05, 3.63) is 71.8 Å². The van der Waals surface area contributed by atoms with Gasteiger partial charge < -0.3 is 14.2 Å². The van der Waals surface area contributed by atoms with Gasteiger partial charge >= 0.3 is 23.9 Å². The molecule has 0 fully saturated rings. The molecule has 0 radical (unpaired) electrons. The zero-order valence-corrected chi connectivity index (χ0v) is 27.2. The number of unbranched alkanes of at least 4 members (excludes halogenated alkanes) is 14. The Hall–Kier alpha value is -3.48. The van der Waals surface area contributed by atoms with Crippen LogP contribution in [-0.2, 0) is 46.6 Å². The molecule has 0 aliphatic carbocycles. The van der Waals surface area contributed by atoms with Crippen LogP contribution in [0.25, 0.3) is 0 Å². The third-order valence-electron chi connectivity index (χ3n) is 7.74. The molecule has 2 aromatic carbocycles. The van der Waals surface area contributed by atoms with Gasteiger partial charge in [-0.2, -0.15) is 0 Å². The number of rotatable bonds is 26. The predicted molar refractivity (Wildman–Crippen MR) is 176 cm³/mol. The molecular weight excluding hydrogens is 568 g/mol. The monoisotopic (exact) mass is 622 g/mol. The van der Waals surface area contributed by atoms with Crippen molar-refractivity contribution in [1.82, 2.24) is 0 Å². The fourth-order valence-electron chi connectivity index (χ4n) is 5.05. The number of benzene rings is 2. The third-order valence-corrected chi connectivity index (χ3v) is 7.74. The summed E-state index contributed by atoms with van der Waals surface area (Å²) < 4.78 is 15.6. The molecule has 0 bridgehead atoms. The van der Waals surface area contributed by atoms with E-state index in [1.807, 2.05) is 60.7 Å². The minimum absolute atomic E-state index is 0.139. The summed E-state index contributed by atoms with van der Waals surface area (Å²) in [4.78, 5) is 47.5. The first-order valence-electron chi connectivity index (χ1n) is 17.2. The SMILES string of the molecule is O=C(CCCCCCCCCCC(=O)OC(=O)CCCCCCCCCCC(=O)OCc1ccccc1)OCc1ccccc1. The first kappa shape index (κ1) is 37.7. The molecule has 0 aromatic heterocycles. The van der Waals surface area contributed by atoms with E-state index in [9.17, 15) is 19.2 Å². The molecule has 0 N–H and O–H groups in total. The van der Waals surface area contributed by atoms with Gasteiger partial charge in [0.25, 0.3) is 0 Å². The Morgan fingerprint density at radius 1 is 0.356 bits per heavy atom. The summed E-state index contributed by atoms with van der Waals surface area (Å²) in [5.41, 5.74) is 2.01. The number of hydrogen-bond acceptors (Lipinski definition) is 7. The first-order chi connectivity index (χ1) is 22.0. The Bertz CT molecular complexity index is 983. The van der Waals surface area contributed by atoms with Crippen molar-refractivity contribution < 1.29 is 33.4 Å². The second kappa shape index (κ2) is 25.8. The van der Waals surface area contributed by atoms with Crippen LogP contribution < -0.4 is 0 Å². The lowest BCUT2D eigenvalue weighted by Gasteiger charge is -2.06. The number of ether oxygens (including phenoxy) is 3. The van der Waals surface area contributed by atoms with E-state index in [-0.39, 0.29) is 11.9 Å². The van der Waals surface area contributed by atoms with Gasteiger partial charge in [-0.3, -0.25) is 19.2 Å². The van der Waals surface area contributed by atoms with Crippen LogP contribution in [-0.4, -0.2) is 23.9 Å². The number of esters is 4. The van der Waals surface area contributed by atoms with Crippen LogP contribution in [0.3, 0.4) is 0 Å². The summed E-state index contributed by atoms with van der Waals surface area (Å²) in [7, 11) is 0. The summed E-state index contributed by atoms with van der Waals surface area (Å²) in [6.45, 7) is 0.672. The van der Waals surface area contributed by atoms with Crippen LogP contribution in [0, 0.1) is 0 Å². The Morgan fingerprint density at radius 3 is 0.933 bits per heavy atom. The van der Waals surface area contributed by atoms with Gasteiger partial charge in [0.15, 0.2) is 0 Å². The molecule has 0 spiro atoms. The van der Waals surface area contributed by atoms with Crippen molar-refractivity contribution in [3.8, 4) is 0 Å². The van der Waals surface area contributed by atoms with Crippen LogP contribution in [0.15, 0.2) is 60.7 Å². The average Bonchev–Trinajstić information content (AvgIpc) is 3.05. The summed E-state index contributed by atoms with van der Waals surface area (Å²) in [6, 6.07) is 19.4. The molecule has 0 aliphatic rings. The van der Waals surface area contributed by atoms with Gasteiger partial charge in [-0.1, -0.05) is 138 Å². The number of carbonyl (C=O) groups is 4. The fourth-order valence-corrected chi connectivity index (χ4v) is 5.05. The van der Waals surface area contributed by atoms with Crippen molar-refractivity contribution >= 4 is 23.9 Å². The average molecular weight is 623 g/mol. The van der Waals surface area contributed by atoms with E-state index in [4.69, 9.17) is 14.2 Å². The van der Waals surface area contributed by atoms with Crippen LogP contribution in [0.5, 0.6) is 0 Å². The third kappa shape index (κ3) is 21.8. The predicted octanol–water partition coefficient (Wildman–Crippen LogP) is 9.35. The van der Waals surface area contributed by atoms with Crippen molar-refractivity contribution in [2.24, 2.45) is 0 Å². The zero-order chi connectivity index (χ0) is 32.2. The first-order valence-corrected chi connectivity index (χ1v) is 17.2. The van der Waals surface area contributed by atoms with E-state index >= 15 is 0 Å². The van der Waals surface area contributed by atoms with E-state index < -0.39 is 11.9 Å². The van der Waals surface area contributed by atoms with Crippen molar-refractivity contribution in [1.29, 1.82) is 0 Å². The maximum absolute atomic E-state index is 11.9. The molecule has 0 amide bonds. The van der Waals surface area contributed by atoms with Gasteiger partial charge in [0.2, 0.25) is 0 Å². The Labute approximate surface area is 270 Å². The van der Waals surface area contributed by atoms with Gasteiger partial charge in [-0.25, -0.2) is 0 Å². The molecule has 0 unspecified atom stereocenters. The fraction of sp³-hybridized carbons (Fsp3) is 0.579. The van der Waals surface area contributed by atoms with Crippen molar-refractivity contribution in [2.45, 2.75) is 142 Å². The minimum atomic E-state index is -0.414. The highest BCUT2D eigenvalue weighted by Crippen LogP contribution is 2.14. The highest BCUT2D eigenvalue weighted by molar-refractivity contribution is 5.85. The Balaban J connectivity index is 1.28. The van der Waals surface area contributed by atoms with Crippen LogP contribution >= 0.6 is 0 Å². The molecule has 0 atom stereocenters. The van der Waals surface area contributed by atoms with Crippen molar-refractivity contribution in [3.63, 3.8) is 0 Å². The maximum Gasteiger partial charge on any atom is 0.313 e. The molecule has 45 heavy (non-hydrogen) atoms. The van der Waals surface area contributed by atoms with Gasteiger partial charge in [-0.15, -0.1) is 0 Å². The van der Waals surface area contributed by atoms with E-state index in [2.05, 4.69) is 0 Å². The van der Waals surface area contributed by atoms with E-state index in [0.717, 1.165) is 114 Å². The molecule has 0 saturated carbocycles.